The number of benzene rings is 2. The number of aromatic nitrogens is 3. The third kappa shape index (κ3) is 2.46. The van der Waals surface area contributed by atoms with E-state index >= 15 is 0 Å². The molecule has 1 aromatic heterocycles. The van der Waals surface area contributed by atoms with Crippen LogP contribution in [0.25, 0.3) is 11.4 Å². The summed E-state index contributed by atoms with van der Waals surface area (Å²) in [5.74, 6) is 1.35. The highest BCUT2D eigenvalue weighted by Crippen LogP contribution is 2.20. The van der Waals surface area contributed by atoms with E-state index in [0.717, 1.165) is 11.1 Å². The largest absolute Gasteiger partial charge is 0.318 e. The van der Waals surface area contributed by atoms with Crippen LogP contribution in [-0.2, 0) is 0 Å². The molecule has 1 unspecified atom stereocenters. The monoisotopic (exact) mass is 264 g/mol. The number of hydrogen-bond acceptors (Lipinski definition) is 3. The van der Waals surface area contributed by atoms with Crippen LogP contribution in [0.2, 0.25) is 0 Å². The van der Waals surface area contributed by atoms with Crippen LogP contribution in [0.5, 0.6) is 0 Å². The van der Waals surface area contributed by atoms with Crippen LogP contribution in [0.15, 0.2) is 54.6 Å². The number of hydrogen-bond donors (Lipinski definition) is 2. The van der Waals surface area contributed by atoms with E-state index < -0.39 is 0 Å². The summed E-state index contributed by atoms with van der Waals surface area (Å²) in [4.78, 5) is 4.49. The Bertz CT molecular complexity index is 686. The average Bonchev–Trinajstić information content (AvgIpc) is 2.98. The molecule has 0 radical (unpaired) electrons. The highest BCUT2D eigenvalue weighted by atomic mass is 15.2. The van der Waals surface area contributed by atoms with E-state index in [9.17, 15) is 0 Å². The van der Waals surface area contributed by atoms with Crippen molar-refractivity contribution in [3.63, 3.8) is 0 Å². The average molecular weight is 264 g/mol. The van der Waals surface area contributed by atoms with Gasteiger partial charge in [-0.25, -0.2) is 4.98 Å². The molecule has 0 bridgehead atoms. The zero-order valence-electron chi connectivity index (χ0n) is 11.2. The first-order valence-electron chi connectivity index (χ1n) is 6.54. The normalized spacial score (nSPS) is 12.3. The first-order chi connectivity index (χ1) is 9.74. The molecule has 2 aromatic carbocycles. The van der Waals surface area contributed by atoms with Crippen molar-refractivity contribution in [2.45, 2.75) is 13.0 Å². The van der Waals surface area contributed by atoms with Crippen molar-refractivity contribution in [1.82, 2.24) is 15.2 Å². The topological polar surface area (TPSA) is 67.6 Å². The summed E-state index contributed by atoms with van der Waals surface area (Å²) in [6.45, 7) is 2.05. The second kappa shape index (κ2) is 5.27. The highest BCUT2D eigenvalue weighted by Gasteiger charge is 2.14. The molecule has 1 atom stereocenters. The van der Waals surface area contributed by atoms with Gasteiger partial charge in [-0.1, -0.05) is 60.2 Å². The molecule has 3 aromatic rings. The van der Waals surface area contributed by atoms with Crippen LogP contribution in [0.3, 0.4) is 0 Å². The quantitative estimate of drug-likeness (QED) is 0.764. The number of nitrogens with two attached hydrogens (primary N) is 1. The van der Waals surface area contributed by atoms with Crippen LogP contribution in [-0.4, -0.2) is 15.2 Å². The molecule has 3 rings (SSSR count). The molecule has 3 N–H and O–H groups in total. The molecule has 0 aliphatic rings. The molecule has 0 fully saturated rings. The first-order valence-corrected chi connectivity index (χ1v) is 6.54. The standard InChI is InChI=1S/C16H16N4/c1-11-7-9-13(10-8-11)15-18-16(20-19-15)14(17)12-5-3-2-4-6-12/h2-10,14H,17H2,1H3,(H,18,19,20). The molecule has 1 heterocycles. The van der Waals surface area contributed by atoms with Crippen molar-refractivity contribution in [3.8, 4) is 11.4 Å². The molecule has 0 saturated heterocycles. The van der Waals surface area contributed by atoms with Gasteiger partial charge in [-0.15, -0.1) is 0 Å². The maximum Gasteiger partial charge on any atom is 0.181 e. The van der Waals surface area contributed by atoms with Gasteiger partial charge < -0.3 is 5.73 Å². The molecular formula is C16H16N4. The van der Waals surface area contributed by atoms with E-state index in [1.807, 2.05) is 54.6 Å². The predicted octanol–water partition coefficient (Wildman–Crippen LogP) is 2.83. The summed E-state index contributed by atoms with van der Waals surface area (Å²) in [6, 6.07) is 17.7. The van der Waals surface area contributed by atoms with Gasteiger partial charge in [-0.05, 0) is 12.5 Å². The van der Waals surface area contributed by atoms with E-state index in [2.05, 4.69) is 22.1 Å². The fraction of sp³-hybridized carbons (Fsp3) is 0.125. The smallest absolute Gasteiger partial charge is 0.181 e. The second-order valence-electron chi connectivity index (χ2n) is 4.80. The van der Waals surface area contributed by atoms with Gasteiger partial charge in [0.1, 0.15) is 5.82 Å². The maximum absolute atomic E-state index is 6.20. The zero-order chi connectivity index (χ0) is 13.9. The summed E-state index contributed by atoms with van der Waals surface area (Å²) >= 11 is 0. The van der Waals surface area contributed by atoms with Crippen molar-refractivity contribution < 1.29 is 0 Å². The van der Waals surface area contributed by atoms with Crippen LogP contribution >= 0.6 is 0 Å². The Morgan fingerprint density at radius 1 is 1.00 bits per heavy atom. The van der Waals surface area contributed by atoms with Gasteiger partial charge in [-0.2, -0.15) is 5.10 Å². The number of aromatic amines is 1. The lowest BCUT2D eigenvalue weighted by atomic mass is 10.1. The molecule has 0 spiro atoms. The third-order valence-electron chi connectivity index (χ3n) is 3.27. The zero-order valence-corrected chi connectivity index (χ0v) is 11.2. The molecule has 20 heavy (non-hydrogen) atoms. The Morgan fingerprint density at radius 3 is 2.40 bits per heavy atom. The predicted molar refractivity (Wildman–Crippen MR) is 79.0 cm³/mol. The van der Waals surface area contributed by atoms with Crippen molar-refractivity contribution in [1.29, 1.82) is 0 Å². The highest BCUT2D eigenvalue weighted by molar-refractivity contribution is 5.55. The summed E-state index contributed by atoms with van der Waals surface area (Å²) in [5, 5.41) is 7.18. The van der Waals surface area contributed by atoms with Gasteiger partial charge in [0, 0.05) is 5.56 Å². The number of rotatable bonds is 3. The minimum Gasteiger partial charge on any atom is -0.318 e. The number of H-pyrrole nitrogens is 1. The van der Waals surface area contributed by atoms with Gasteiger partial charge in [0.05, 0.1) is 6.04 Å². The van der Waals surface area contributed by atoms with Crippen LogP contribution < -0.4 is 5.73 Å². The first kappa shape index (κ1) is 12.6. The van der Waals surface area contributed by atoms with Gasteiger partial charge in [0.15, 0.2) is 5.82 Å². The number of aryl methyl sites for hydroxylation is 1. The molecule has 0 amide bonds. The van der Waals surface area contributed by atoms with Crippen molar-refractivity contribution >= 4 is 0 Å². The Kier molecular flexibility index (Phi) is 3.31. The molecule has 4 nitrogen and oxygen atoms in total. The van der Waals surface area contributed by atoms with E-state index in [1.54, 1.807) is 0 Å². The van der Waals surface area contributed by atoms with Gasteiger partial charge in [-0.3, -0.25) is 5.10 Å². The molecule has 0 aliphatic carbocycles. The van der Waals surface area contributed by atoms with E-state index in [0.29, 0.717) is 11.6 Å². The SMILES string of the molecule is Cc1ccc(-c2n[nH]c(C(N)c3ccccc3)n2)cc1. The van der Waals surface area contributed by atoms with Crippen molar-refractivity contribution in [3.05, 3.63) is 71.5 Å². The third-order valence-corrected chi connectivity index (χ3v) is 3.27. The lowest BCUT2D eigenvalue weighted by molar-refractivity contribution is 0.787. The van der Waals surface area contributed by atoms with Crippen LogP contribution in [0.4, 0.5) is 0 Å². The van der Waals surface area contributed by atoms with Crippen LogP contribution in [0.1, 0.15) is 23.0 Å². The summed E-state index contributed by atoms with van der Waals surface area (Å²) in [7, 11) is 0. The number of nitrogens with one attached hydrogen (secondary N) is 1. The lowest BCUT2D eigenvalue weighted by Gasteiger charge is -2.07. The van der Waals surface area contributed by atoms with E-state index in [4.69, 9.17) is 5.73 Å². The number of nitrogens with zero attached hydrogens (tertiary/aromatic N) is 2. The molecule has 100 valence electrons. The summed E-state index contributed by atoms with van der Waals surface area (Å²) in [5.41, 5.74) is 9.41. The van der Waals surface area contributed by atoms with Crippen molar-refractivity contribution in [2.75, 3.05) is 0 Å². The lowest BCUT2D eigenvalue weighted by Crippen LogP contribution is -2.13. The Morgan fingerprint density at radius 2 is 1.70 bits per heavy atom. The van der Waals surface area contributed by atoms with E-state index in [1.165, 1.54) is 5.56 Å². The molecular weight excluding hydrogens is 248 g/mol. The summed E-state index contributed by atoms with van der Waals surface area (Å²) < 4.78 is 0. The summed E-state index contributed by atoms with van der Waals surface area (Å²) in [6.07, 6.45) is 0. The van der Waals surface area contributed by atoms with Crippen LogP contribution in [0, 0.1) is 6.92 Å². The van der Waals surface area contributed by atoms with Gasteiger partial charge >= 0.3 is 0 Å². The van der Waals surface area contributed by atoms with Gasteiger partial charge in [0.25, 0.3) is 0 Å². The fourth-order valence-electron chi connectivity index (χ4n) is 2.06. The molecule has 0 saturated carbocycles. The Hall–Kier alpha value is -2.46. The maximum atomic E-state index is 6.20. The Labute approximate surface area is 117 Å². The second-order valence-corrected chi connectivity index (χ2v) is 4.80. The molecule has 0 aliphatic heterocycles. The fourth-order valence-corrected chi connectivity index (χ4v) is 2.06. The van der Waals surface area contributed by atoms with E-state index in [-0.39, 0.29) is 6.04 Å². The minimum atomic E-state index is -0.289. The van der Waals surface area contributed by atoms with Gasteiger partial charge in [0.2, 0.25) is 0 Å². The Balaban J connectivity index is 1.89. The minimum absolute atomic E-state index is 0.289. The van der Waals surface area contributed by atoms with Crippen molar-refractivity contribution in [2.24, 2.45) is 5.73 Å². The molecule has 4 heteroatoms.